The van der Waals surface area contributed by atoms with Crippen LogP contribution < -0.4 is 5.66 Å². The van der Waals surface area contributed by atoms with Crippen LogP contribution in [-0.2, 0) is 9.53 Å². The number of nitrogens with zero attached hydrogens (tertiary/aromatic N) is 1. The Morgan fingerprint density at radius 1 is 1.40 bits per heavy atom. The van der Waals surface area contributed by atoms with Gasteiger partial charge in [0.2, 0.25) is 0 Å². The molecule has 2 rings (SSSR count). The second-order valence-electron chi connectivity index (χ2n) is 5.03. The molecule has 0 amide bonds. The van der Waals surface area contributed by atoms with Crippen LogP contribution in [0.3, 0.4) is 0 Å². The molecule has 0 bridgehead atoms. The number of oxazole rings is 1. The maximum Gasteiger partial charge on any atom is 0.302 e. The number of hydrogen-bond donors (Lipinski definition) is 0. The average Bonchev–Trinajstić information content (AvgIpc) is 2.79. The Balaban J connectivity index is 2.20. The Morgan fingerprint density at radius 3 is 2.65 bits per heavy atom. The third-order valence-corrected chi connectivity index (χ3v) is 3.10. The van der Waals surface area contributed by atoms with Gasteiger partial charge in [-0.3, -0.25) is 4.79 Å². The van der Waals surface area contributed by atoms with Crippen LogP contribution in [0.1, 0.15) is 24.2 Å². The highest BCUT2D eigenvalue weighted by Crippen LogP contribution is 2.20. The lowest BCUT2D eigenvalue weighted by Gasteiger charge is -2.06. The summed E-state index contributed by atoms with van der Waals surface area (Å²) in [5.74, 6) is 0.245. The van der Waals surface area contributed by atoms with Gasteiger partial charge in [-0.1, -0.05) is 29.8 Å². The number of hydrogen-bond acceptors (Lipinski definition) is 4. The second-order valence-corrected chi connectivity index (χ2v) is 5.03. The van der Waals surface area contributed by atoms with Crippen molar-refractivity contribution in [3.8, 4) is 11.3 Å². The monoisotopic (exact) mass is 269 g/mol. The number of aryl methyl sites for hydroxylation is 1. The van der Waals surface area contributed by atoms with Crippen molar-refractivity contribution in [2.24, 2.45) is 0 Å². The van der Waals surface area contributed by atoms with Crippen molar-refractivity contribution in [3.05, 3.63) is 35.7 Å². The summed E-state index contributed by atoms with van der Waals surface area (Å²) in [5, 5.41) is 0. The van der Waals surface area contributed by atoms with Gasteiger partial charge >= 0.3 is 5.97 Å². The number of esters is 1. The largest absolute Gasteiger partial charge is 0.466 e. The zero-order valence-corrected chi connectivity index (χ0v) is 12.3. The van der Waals surface area contributed by atoms with E-state index in [4.69, 9.17) is 9.15 Å². The van der Waals surface area contributed by atoms with Gasteiger partial charge in [0.05, 0.1) is 12.3 Å². The molecule has 20 heavy (non-hydrogen) atoms. The molecule has 1 atom stereocenters. The van der Waals surface area contributed by atoms with E-state index in [9.17, 15) is 4.79 Å². The molecular weight excluding hydrogens is 252 g/mol. The Bertz CT molecular complexity index is 607. The Kier molecular flexibility index (Phi) is 4.32. The van der Waals surface area contributed by atoms with E-state index in [1.807, 2.05) is 46.9 Å². The first-order chi connectivity index (χ1) is 9.47. The van der Waals surface area contributed by atoms with Crippen LogP contribution in [0.5, 0.6) is 0 Å². The maximum atomic E-state index is 10.8. The average molecular weight is 269 g/mol. The lowest BCUT2D eigenvalue weighted by molar-refractivity contribution is -0.141. The number of carbonyl (C=O) groups excluding carboxylic acids is 1. The fraction of sp³-hybridized carbons (Fsp3) is 0.286. The molecule has 1 heterocycles. The van der Waals surface area contributed by atoms with E-state index in [0.717, 1.165) is 16.9 Å². The third-order valence-electron chi connectivity index (χ3n) is 3.10. The minimum atomic E-state index is -0.293. The summed E-state index contributed by atoms with van der Waals surface area (Å²) in [5.41, 5.74) is 3.86. The molecule has 0 aliphatic heterocycles. The van der Waals surface area contributed by atoms with Crippen LogP contribution in [0.2, 0.25) is 0 Å². The predicted octanol–water partition coefficient (Wildman–Crippen LogP) is 0.146. The summed E-state index contributed by atoms with van der Waals surface area (Å²) >= 11 is 0. The van der Waals surface area contributed by atoms with Crippen molar-refractivity contribution in [1.29, 1.82) is 0 Å². The van der Waals surface area contributed by atoms with Gasteiger partial charge in [-0.15, -0.1) is 0 Å². The first-order valence-electron chi connectivity index (χ1n) is 6.65. The molecule has 1 aromatic heterocycles. The van der Waals surface area contributed by atoms with E-state index in [1.165, 1.54) is 12.5 Å². The van der Waals surface area contributed by atoms with Gasteiger partial charge in [0, 0.05) is 18.3 Å². The smallest absolute Gasteiger partial charge is 0.302 e. The molecule has 0 saturated carbocycles. The van der Waals surface area contributed by atoms with Crippen molar-refractivity contribution in [1.82, 2.24) is 4.98 Å². The van der Waals surface area contributed by atoms with Crippen molar-refractivity contribution in [3.63, 3.8) is 0 Å². The molecule has 0 N–H and O–H groups in total. The van der Waals surface area contributed by atoms with Crippen LogP contribution in [0.4, 0.5) is 0 Å². The molecule has 0 saturated heterocycles. The predicted molar refractivity (Wildman–Crippen MR) is 82.8 cm³/mol. The van der Waals surface area contributed by atoms with E-state index in [2.05, 4.69) is 4.98 Å². The standard InChI is InChI=1S/C14H17B2NO3/c1-8-3-5-10(6-4-8)12-13(16)20-14(17-12)11(15)7-19-9(2)18/h3-6,11H,7,15-16H2,1-2H3. The summed E-state index contributed by atoms with van der Waals surface area (Å²) in [4.78, 5) is 15.4. The van der Waals surface area contributed by atoms with Crippen LogP contribution >= 0.6 is 0 Å². The van der Waals surface area contributed by atoms with Crippen molar-refractivity contribution in [2.45, 2.75) is 19.7 Å². The molecule has 1 aromatic carbocycles. The second kappa shape index (κ2) is 5.99. The highest BCUT2D eigenvalue weighted by atomic mass is 16.5. The molecule has 0 spiro atoms. The van der Waals surface area contributed by atoms with E-state index in [-0.39, 0.29) is 18.4 Å². The highest BCUT2D eigenvalue weighted by Gasteiger charge is 2.17. The molecule has 0 fully saturated rings. The van der Waals surface area contributed by atoms with Gasteiger partial charge in [0.25, 0.3) is 0 Å². The molecule has 2 aromatic rings. The summed E-state index contributed by atoms with van der Waals surface area (Å²) in [6.07, 6.45) is 0. The minimum absolute atomic E-state index is 0.0585. The zero-order chi connectivity index (χ0) is 14.7. The van der Waals surface area contributed by atoms with Crippen LogP contribution in [0, 0.1) is 6.92 Å². The summed E-state index contributed by atoms with van der Waals surface area (Å²) < 4.78 is 10.7. The van der Waals surface area contributed by atoms with Crippen molar-refractivity contribution >= 4 is 27.3 Å². The molecule has 1 unspecified atom stereocenters. The molecule has 0 aliphatic rings. The quantitative estimate of drug-likeness (QED) is 0.585. The Morgan fingerprint density at radius 2 is 2.05 bits per heavy atom. The lowest BCUT2D eigenvalue weighted by atomic mass is 9.88. The number of benzene rings is 1. The van der Waals surface area contributed by atoms with E-state index in [1.54, 1.807) is 0 Å². The first-order valence-corrected chi connectivity index (χ1v) is 6.65. The van der Waals surface area contributed by atoms with Gasteiger partial charge in [-0.05, 0) is 6.92 Å². The number of rotatable bonds is 4. The molecule has 4 nitrogen and oxygen atoms in total. The summed E-state index contributed by atoms with van der Waals surface area (Å²) in [6, 6.07) is 8.15. The third kappa shape index (κ3) is 3.32. The molecule has 0 radical (unpaired) electrons. The molecular formula is C14H17B2NO3. The van der Waals surface area contributed by atoms with E-state index >= 15 is 0 Å². The maximum absolute atomic E-state index is 10.8. The minimum Gasteiger partial charge on any atom is -0.466 e. The van der Waals surface area contributed by atoms with Crippen LogP contribution in [-0.4, -0.2) is 33.3 Å². The Hall–Kier alpha value is -1.97. The zero-order valence-electron chi connectivity index (χ0n) is 12.3. The normalized spacial score (nSPS) is 12.1. The number of ether oxygens (including phenoxy) is 1. The van der Waals surface area contributed by atoms with Crippen molar-refractivity contribution < 1.29 is 13.9 Å². The lowest BCUT2D eigenvalue weighted by Crippen LogP contribution is -2.11. The molecule has 102 valence electrons. The number of carbonyl (C=O) groups is 1. The van der Waals surface area contributed by atoms with Crippen molar-refractivity contribution in [2.75, 3.05) is 6.61 Å². The fourth-order valence-corrected chi connectivity index (χ4v) is 1.92. The topological polar surface area (TPSA) is 52.3 Å². The van der Waals surface area contributed by atoms with E-state index in [0.29, 0.717) is 5.89 Å². The number of aromatic nitrogens is 1. The van der Waals surface area contributed by atoms with Crippen LogP contribution in [0.15, 0.2) is 28.7 Å². The van der Waals surface area contributed by atoms with Crippen LogP contribution in [0.25, 0.3) is 11.3 Å². The highest BCUT2D eigenvalue weighted by molar-refractivity contribution is 6.33. The van der Waals surface area contributed by atoms with Gasteiger partial charge in [-0.25, -0.2) is 4.98 Å². The van der Waals surface area contributed by atoms with Gasteiger partial charge in [0.1, 0.15) is 13.5 Å². The SMILES string of the molecule is Bc1oc(C(B)COC(C)=O)nc1-c1ccc(C)cc1. The molecule has 6 heteroatoms. The van der Waals surface area contributed by atoms with Gasteiger partial charge in [0.15, 0.2) is 13.7 Å². The summed E-state index contributed by atoms with van der Waals surface area (Å²) in [6.45, 7) is 3.72. The summed E-state index contributed by atoms with van der Waals surface area (Å²) in [7, 11) is 3.82. The Labute approximate surface area is 120 Å². The first kappa shape index (κ1) is 14.4. The van der Waals surface area contributed by atoms with Gasteiger partial charge < -0.3 is 9.15 Å². The van der Waals surface area contributed by atoms with E-state index < -0.39 is 0 Å². The van der Waals surface area contributed by atoms with Gasteiger partial charge in [-0.2, -0.15) is 0 Å². The fourth-order valence-electron chi connectivity index (χ4n) is 1.92. The molecule has 0 aliphatic carbocycles.